The van der Waals surface area contributed by atoms with E-state index < -0.39 is 0 Å². The van der Waals surface area contributed by atoms with E-state index in [9.17, 15) is 4.79 Å². The van der Waals surface area contributed by atoms with Crippen molar-refractivity contribution in [1.29, 1.82) is 0 Å². The Morgan fingerprint density at radius 1 is 1.36 bits per heavy atom. The zero-order valence-corrected chi connectivity index (χ0v) is 12.5. The van der Waals surface area contributed by atoms with E-state index in [-0.39, 0.29) is 5.91 Å². The predicted molar refractivity (Wildman–Crippen MR) is 80.1 cm³/mol. The van der Waals surface area contributed by atoms with Gasteiger partial charge in [0.1, 0.15) is 17.8 Å². The molecule has 1 aliphatic heterocycles. The number of nitrogens with one attached hydrogen (secondary N) is 1. The lowest BCUT2D eigenvalue weighted by molar-refractivity contribution is -0.130. The average Bonchev–Trinajstić information content (AvgIpc) is 3.08. The third-order valence-corrected chi connectivity index (χ3v) is 3.94. The number of rotatable bonds is 4. The van der Waals surface area contributed by atoms with Crippen LogP contribution in [0.1, 0.15) is 19.8 Å². The summed E-state index contributed by atoms with van der Waals surface area (Å²) in [6, 6.07) is 3.74. The Kier molecular flexibility index (Phi) is 4.32. The first-order valence-corrected chi connectivity index (χ1v) is 7.42. The smallest absolute Gasteiger partial charge is 0.219 e. The van der Waals surface area contributed by atoms with Gasteiger partial charge in [-0.15, -0.1) is 0 Å². The van der Waals surface area contributed by atoms with Gasteiger partial charge in [0.05, 0.1) is 12.8 Å². The van der Waals surface area contributed by atoms with Crippen LogP contribution in [0.15, 0.2) is 24.7 Å². The summed E-state index contributed by atoms with van der Waals surface area (Å²) in [6.45, 7) is 3.94. The number of aromatic nitrogens is 4. The summed E-state index contributed by atoms with van der Waals surface area (Å²) in [5.41, 5.74) is 0.736. The standard InChI is InChI=1S/C15H19N5O2/c1-11(21)20-6-4-12(5-7-20)9-22-13-2-3-14(16-8-13)15-17-10-18-19-15/h2-3,8,10,12H,4-7,9H2,1H3,(H,17,18,19). The Balaban J connectivity index is 1.49. The van der Waals surface area contributed by atoms with Gasteiger partial charge in [0.25, 0.3) is 0 Å². The number of pyridine rings is 1. The summed E-state index contributed by atoms with van der Waals surface area (Å²) in [7, 11) is 0. The van der Waals surface area contributed by atoms with E-state index in [2.05, 4.69) is 20.2 Å². The molecule has 1 N–H and O–H groups in total. The van der Waals surface area contributed by atoms with Gasteiger partial charge in [-0.2, -0.15) is 5.10 Å². The summed E-state index contributed by atoms with van der Waals surface area (Å²) >= 11 is 0. The molecule has 0 unspecified atom stereocenters. The Hall–Kier alpha value is -2.44. The maximum atomic E-state index is 11.3. The van der Waals surface area contributed by atoms with E-state index in [4.69, 9.17) is 4.74 Å². The van der Waals surface area contributed by atoms with Crippen molar-refractivity contribution < 1.29 is 9.53 Å². The highest BCUT2D eigenvalue weighted by atomic mass is 16.5. The number of carbonyl (C=O) groups excluding carboxylic acids is 1. The summed E-state index contributed by atoms with van der Waals surface area (Å²) in [5, 5.41) is 6.57. The van der Waals surface area contributed by atoms with Gasteiger partial charge in [0.2, 0.25) is 5.91 Å². The molecule has 116 valence electrons. The number of hydrogen-bond acceptors (Lipinski definition) is 5. The summed E-state index contributed by atoms with van der Waals surface area (Å²) in [4.78, 5) is 21.5. The number of aromatic amines is 1. The molecule has 3 rings (SSSR count). The molecule has 2 aromatic heterocycles. The highest BCUT2D eigenvalue weighted by molar-refractivity contribution is 5.73. The zero-order valence-electron chi connectivity index (χ0n) is 12.5. The SMILES string of the molecule is CC(=O)N1CCC(COc2ccc(-c3ncn[nH]3)nc2)CC1. The zero-order chi connectivity index (χ0) is 15.4. The Morgan fingerprint density at radius 2 is 2.18 bits per heavy atom. The number of amides is 1. The van der Waals surface area contributed by atoms with Gasteiger partial charge in [-0.3, -0.25) is 9.89 Å². The molecule has 3 heterocycles. The maximum Gasteiger partial charge on any atom is 0.219 e. The molecule has 0 aromatic carbocycles. The van der Waals surface area contributed by atoms with Gasteiger partial charge in [0, 0.05) is 20.0 Å². The molecular formula is C15H19N5O2. The molecule has 22 heavy (non-hydrogen) atoms. The minimum atomic E-state index is 0.159. The molecule has 7 heteroatoms. The van der Waals surface area contributed by atoms with Gasteiger partial charge >= 0.3 is 0 Å². The normalized spacial score (nSPS) is 15.8. The van der Waals surface area contributed by atoms with Crippen molar-refractivity contribution in [3.63, 3.8) is 0 Å². The largest absolute Gasteiger partial charge is 0.492 e. The molecule has 0 aliphatic carbocycles. The Bertz CT molecular complexity index is 603. The lowest BCUT2D eigenvalue weighted by atomic mass is 9.98. The first-order valence-electron chi connectivity index (χ1n) is 7.42. The van der Waals surface area contributed by atoms with Crippen LogP contribution in [0.3, 0.4) is 0 Å². The third-order valence-electron chi connectivity index (χ3n) is 3.94. The first kappa shape index (κ1) is 14.5. The fourth-order valence-corrected chi connectivity index (χ4v) is 2.56. The lowest BCUT2D eigenvalue weighted by Gasteiger charge is -2.31. The topological polar surface area (TPSA) is 84.0 Å². The van der Waals surface area contributed by atoms with E-state index in [1.807, 2.05) is 17.0 Å². The van der Waals surface area contributed by atoms with Crippen molar-refractivity contribution in [2.24, 2.45) is 5.92 Å². The third kappa shape index (κ3) is 3.41. The summed E-state index contributed by atoms with van der Waals surface area (Å²) in [5.74, 6) is 2.04. The van der Waals surface area contributed by atoms with Crippen LogP contribution in [0.5, 0.6) is 5.75 Å². The molecule has 0 bridgehead atoms. The molecular weight excluding hydrogens is 282 g/mol. The van der Waals surface area contributed by atoms with Crippen LogP contribution in [-0.4, -0.2) is 50.7 Å². The number of H-pyrrole nitrogens is 1. The monoisotopic (exact) mass is 301 g/mol. The lowest BCUT2D eigenvalue weighted by Crippen LogP contribution is -2.38. The van der Waals surface area contributed by atoms with Crippen LogP contribution in [0.2, 0.25) is 0 Å². The minimum Gasteiger partial charge on any atom is -0.492 e. The van der Waals surface area contributed by atoms with E-state index in [1.165, 1.54) is 6.33 Å². The number of piperidine rings is 1. The molecule has 0 radical (unpaired) electrons. The second kappa shape index (κ2) is 6.55. The van der Waals surface area contributed by atoms with Gasteiger partial charge in [0.15, 0.2) is 5.82 Å². The molecule has 1 aliphatic rings. The van der Waals surface area contributed by atoms with Crippen LogP contribution in [0.25, 0.3) is 11.5 Å². The molecule has 1 saturated heterocycles. The minimum absolute atomic E-state index is 0.159. The van der Waals surface area contributed by atoms with Crippen LogP contribution < -0.4 is 4.74 Å². The molecule has 0 saturated carbocycles. The second-order valence-electron chi connectivity index (χ2n) is 5.47. The van der Waals surface area contributed by atoms with Crippen LogP contribution in [0.4, 0.5) is 0 Å². The van der Waals surface area contributed by atoms with Crippen molar-refractivity contribution in [2.75, 3.05) is 19.7 Å². The van der Waals surface area contributed by atoms with E-state index in [1.54, 1.807) is 13.1 Å². The highest BCUT2D eigenvalue weighted by Crippen LogP contribution is 2.20. The summed E-state index contributed by atoms with van der Waals surface area (Å²) < 4.78 is 5.80. The van der Waals surface area contributed by atoms with Crippen molar-refractivity contribution in [3.05, 3.63) is 24.7 Å². The molecule has 7 nitrogen and oxygen atoms in total. The van der Waals surface area contributed by atoms with Crippen LogP contribution in [-0.2, 0) is 4.79 Å². The van der Waals surface area contributed by atoms with Crippen molar-refractivity contribution in [1.82, 2.24) is 25.1 Å². The van der Waals surface area contributed by atoms with Crippen molar-refractivity contribution in [2.45, 2.75) is 19.8 Å². The van der Waals surface area contributed by atoms with E-state index >= 15 is 0 Å². The molecule has 2 aromatic rings. The molecule has 1 fully saturated rings. The Labute approximate surface area is 128 Å². The second-order valence-corrected chi connectivity index (χ2v) is 5.47. The van der Waals surface area contributed by atoms with E-state index in [0.717, 1.165) is 37.4 Å². The number of hydrogen-bond donors (Lipinski definition) is 1. The predicted octanol–water partition coefficient (Wildman–Crippen LogP) is 1.50. The van der Waals surface area contributed by atoms with Gasteiger partial charge in [-0.05, 0) is 30.9 Å². The number of nitrogens with zero attached hydrogens (tertiary/aromatic N) is 4. The van der Waals surface area contributed by atoms with Crippen LogP contribution >= 0.6 is 0 Å². The van der Waals surface area contributed by atoms with Crippen LogP contribution in [0, 0.1) is 5.92 Å². The quantitative estimate of drug-likeness (QED) is 0.925. The molecule has 0 atom stereocenters. The fraction of sp³-hybridized carbons (Fsp3) is 0.467. The average molecular weight is 301 g/mol. The van der Waals surface area contributed by atoms with Crippen molar-refractivity contribution in [3.8, 4) is 17.3 Å². The molecule has 0 spiro atoms. The van der Waals surface area contributed by atoms with Gasteiger partial charge in [-0.1, -0.05) is 0 Å². The fourth-order valence-electron chi connectivity index (χ4n) is 2.56. The number of carbonyl (C=O) groups is 1. The van der Waals surface area contributed by atoms with E-state index in [0.29, 0.717) is 18.3 Å². The van der Waals surface area contributed by atoms with Gasteiger partial charge in [-0.25, -0.2) is 9.97 Å². The maximum absolute atomic E-state index is 11.3. The van der Waals surface area contributed by atoms with Crippen molar-refractivity contribution >= 4 is 5.91 Å². The number of likely N-dealkylation sites (tertiary alicyclic amines) is 1. The summed E-state index contributed by atoms with van der Waals surface area (Å²) in [6.07, 6.45) is 5.13. The highest BCUT2D eigenvalue weighted by Gasteiger charge is 2.21. The Morgan fingerprint density at radius 3 is 2.77 bits per heavy atom. The van der Waals surface area contributed by atoms with Gasteiger partial charge < -0.3 is 9.64 Å². The number of ether oxygens (including phenoxy) is 1. The molecule has 1 amide bonds. The first-order chi connectivity index (χ1) is 10.7.